The average Bonchev–Trinajstić information content (AvgIpc) is 3.61. The summed E-state index contributed by atoms with van der Waals surface area (Å²) in [5.41, 5.74) is 0.671. The number of hydrogen-bond acceptors (Lipinski definition) is 9. The maximum Gasteiger partial charge on any atom is 0.304 e. The summed E-state index contributed by atoms with van der Waals surface area (Å²) >= 11 is 3.10. The van der Waals surface area contributed by atoms with Crippen LogP contribution in [0.25, 0.3) is 0 Å². The van der Waals surface area contributed by atoms with Crippen molar-refractivity contribution in [2.75, 3.05) is 19.0 Å². The molecule has 1 fully saturated rings. The molecule has 2 atom stereocenters. The van der Waals surface area contributed by atoms with Gasteiger partial charge in [-0.1, -0.05) is 30.3 Å². The van der Waals surface area contributed by atoms with Gasteiger partial charge in [0.2, 0.25) is 11.9 Å². The van der Waals surface area contributed by atoms with Crippen LogP contribution in [0.5, 0.6) is 5.75 Å². The summed E-state index contributed by atoms with van der Waals surface area (Å²) in [6.45, 7) is 2.36. The second-order valence-electron chi connectivity index (χ2n) is 8.74. The topological polar surface area (TPSA) is 173 Å². The standard InChI is InChI=1S/C25H20BrN7O6/c1-15(34)28-20-10-23(33(14-18(33)12-27)13-16-6-4-3-5-7-16)24(39-2)11-21(20)29-30-25-19(26)8-17(31(35)36)9-22(25)32(37)38/h3-11,18H,13-14H2,1-2H3/p+1. The number of nitro groups is 2. The molecule has 0 aliphatic carbocycles. The van der Waals surface area contributed by atoms with Crippen molar-refractivity contribution in [3.63, 3.8) is 0 Å². The van der Waals surface area contributed by atoms with Gasteiger partial charge in [-0.05, 0) is 15.9 Å². The fraction of sp³-hybridized carbons (Fsp3) is 0.200. The molecule has 0 spiro atoms. The van der Waals surface area contributed by atoms with Gasteiger partial charge in [-0.25, -0.2) is 0 Å². The van der Waals surface area contributed by atoms with E-state index in [0.717, 1.165) is 17.7 Å². The van der Waals surface area contributed by atoms with Crippen molar-refractivity contribution in [2.24, 2.45) is 10.2 Å². The third-order valence-electron chi connectivity index (χ3n) is 6.20. The number of benzene rings is 3. The number of carbonyl (C=O) groups is 1. The number of hydrogen-bond donors (Lipinski definition) is 1. The minimum absolute atomic E-state index is 0.00913. The molecule has 14 heteroatoms. The molecule has 3 aromatic carbocycles. The summed E-state index contributed by atoms with van der Waals surface area (Å²) in [5.74, 6) is -0.0219. The molecule has 0 saturated carbocycles. The Hall–Kier alpha value is -4.74. The maximum absolute atomic E-state index is 12.0. The first kappa shape index (κ1) is 27.3. The van der Waals surface area contributed by atoms with Crippen molar-refractivity contribution >= 4 is 56.0 Å². The molecule has 1 aliphatic rings. The molecule has 2 unspecified atom stereocenters. The number of nitrogens with zero attached hydrogens (tertiary/aromatic N) is 6. The predicted molar refractivity (Wildman–Crippen MR) is 145 cm³/mol. The first-order chi connectivity index (χ1) is 18.6. The monoisotopic (exact) mass is 594 g/mol. The highest BCUT2D eigenvalue weighted by Crippen LogP contribution is 2.50. The lowest BCUT2D eigenvalue weighted by Crippen LogP contribution is -2.29. The Morgan fingerprint density at radius 3 is 2.46 bits per heavy atom. The molecule has 1 aliphatic heterocycles. The Kier molecular flexibility index (Phi) is 7.65. The van der Waals surface area contributed by atoms with Crippen LogP contribution in [0.4, 0.5) is 34.1 Å². The van der Waals surface area contributed by atoms with E-state index < -0.39 is 27.1 Å². The number of methoxy groups -OCH3 is 1. The van der Waals surface area contributed by atoms with Crippen molar-refractivity contribution in [2.45, 2.75) is 19.5 Å². The number of quaternary nitrogens is 1. The maximum atomic E-state index is 12.0. The Bertz CT molecular complexity index is 1560. The number of nitro benzene ring substituents is 2. The van der Waals surface area contributed by atoms with Gasteiger partial charge in [-0.2, -0.15) is 5.26 Å². The van der Waals surface area contributed by atoms with Crippen molar-refractivity contribution in [1.29, 1.82) is 5.26 Å². The number of halogens is 1. The first-order valence-electron chi connectivity index (χ1n) is 11.4. The molecule has 4 rings (SSSR count). The van der Waals surface area contributed by atoms with Crippen LogP contribution in [0.2, 0.25) is 0 Å². The highest BCUT2D eigenvalue weighted by molar-refractivity contribution is 9.10. The third kappa shape index (κ3) is 5.59. The molecule has 39 heavy (non-hydrogen) atoms. The number of non-ortho nitro benzene ring substituents is 1. The van der Waals surface area contributed by atoms with E-state index in [1.54, 1.807) is 6.07 Å². The zero-order chi connectivity index (χ0) is 28.3. The highest BCUT2D eigenvalue weighted by atomic mass is 79.9. The van der Waals surface area contributed by atoms with E-state index in [1.807, 2.05) is 30.3 Å². The Morgan fingerprint density at radius 2 is 1.90 bits per heavy atom. The molecule has 1 amide bonds. The average molecular weight is 595 g/mol. The van der Waals surface area contributed by atoms with E-state index in [1.165, 1.54) is 20.1 Å². The van der Waals surface area contributed by atoms with Gasteiger partial charge in [0.25, 0.3) is 5.69 Å². The number of anilines is 1. The quantitative estimate of drug-likeness (QED) is 0.103. The lowest BCUT2D eigenvalue weighted by Gasteiger charge is -2.22. The third-order valence-corrected chi connectivity index (χ3v) is 6.80. The number of rotatable bonds is 9. The molecular formula is C25H21BrN7O6+. The molecule has 0 aromatic heterocycles. The zero-order valence-electron chi connectivity index (χ0n) is 20.7. The second-order valence-corrected chi connectivity index (χ2v) is 9.59. The van der Waals surface area contributed by atoms with Crippen molar-refractivity contribution in [3.05, 3.63) is 84.9 Å². The van der Waals surface area contributed by atoms with Crippen LogP contribution in [0, 0.1) is 31.6 Å². The van der Waals surface area contributed by atoms with E-state index in [2.05, 4.69) is 37.5 Å². The SMILES string of the molecule is COc1cc(N=Nc2c(Br)cc([N+](=O)[O-])cc2[N+](=O)[O-])c(NC(C)=O)cc1[N+]1(Cc2ccccc2)CC1C#N. The van der Waals surface area contributed by atoms with Gasteiger partial charge in [0.05, 0.1) is 33.2 Å². The van der Waals surface area contributed by atoms with Gasteiger partial charge < -0.3 is 10.1 Å². The van der Waals surface area contributed by atoms with Gasteiger partial charge in [-0.3, -0.25) is 29.5 Å². The lowest BCUT2D eigenvalue weighted by molar-refractivity contribution is -0.393. The Balaban J connectivity index is 1.83. The van der Waals surface area contributed by atoms with E-state index in [0.29, 0.717) is 24.5 Å². The van der Waals surface area contributed by atoms with Crippen molar-refractivity contribution in [1.82, 2.24) is 4.48 Å². The van der Waals surface area contributed by atoms with Gasteiger partial charge in [0.1, 0.15) is 18.3 Å². The number of nitrogens with one attached hydrogen (secondary N) is 1. The van der Waals surface area contributed by atoms with Crippen LogP contribution in [0.15, 0.2) is 69.3 Å². The minimum Gasteiger partial charge on any atom is -0.491 e. The summed E-state index contributed by atoms with van der Waals surface area (Å²) in [6, 6.07) is 16.7. The van der Waals surface area contributed by atoms with E-state index in [-0.39, 0.29) is 32.1 Å². The molecule has 1 heterocycles. The molecule has 3 aromatic rings. The number of nitriles is 1. The number of carbonyl (C=O) groups excluding carboxylic acids is 1. The zero-order valence-corrected chi connectivity index (χ0v) is 22.3. The molecule has 1 saturated heterocycles. The Labute approximate surface area is 230 Å². The molecule has 0 radical (unpaired) electrons. The number of amides is 1. The smallest absolute Gasteiger partial charge is 0.304 e. The fourth-order valence-electron chi connectivity index (χ4n) is 4.31. The van der Waals surface area contributed by atoms with E-state index in [9.17, 15) is 30.3 Å². The normalized spacial score (nSPS) is 17.8. The second kappa shape index (κ2) is 10.9. The summed E-state index contributed by atoms with van der Waals surface area (Å²) in [6.07, 6.45) is 0. The molecular weight excluding hydrogens is 574 g/mol. The predicted octanol–water partition coefficient (Wildman–Crippen LogP) is 6.06. The van der Waals surface area contributed by atoms with E-state index >= 15 is 0 Å². The molecule has 198 valence electrons. The van der Waals surface area contributed by atoms with Gasteiger partial charge in [-0.15, -0.1) is 10.2 Å². The Morgan fingerprint density at radius 1 is 1.18 bits per heavy atom. The fourth-order valence-corrected chi connectivity index (χ4v) is 4.82. The van der Waals surface area contributed by atoms with E-state index in [4.69, 9.17) is 4.74 Å². The summed E-state index contributed by atoms with van der Waals surface area (Å²) in [5, 5.41) is 43.3. The van der Waals surface area contributed by atoms with Crippen LogP contribution in [-0.4, -0.2) is 35.5 Å². The number of azo groups is 1. The van der Waals surface area contributed by atoms with Crippen LogP contribution < -0.4 is 14.5 Å². The summed E-state index contributed by atoms with van der Waals surface area (Å²) in [7, 11) is 1.46. The lowest BCUT2D eigenvalue weighted by atomic mass is 10.1. The number of ether oxygens (including phenoxy) is 1. The first-order valence-corrected chi connectivity index (χ1v) is 12.2. The van der Waals surface area contributed by atoms with Gasteiger partial charge >= 0.3 is 5.69 Å². The molecule has 13 nitrogen and oxygen atoms in total. The van der Waals surface area contributed by atoms with Crippen molar-refractivity contribution in [3.8, 4) is 11.8 Å². The van der Waals surface area contributed by atoms with Crippen LogP contribution in [0.3, 0.4) is 0 Å². The molecule has 0 bridgehead atoms. The highest BCUT2D eigenvalue weighted by Gasteiger charge is 2.59. The van der Waals surface area contributed by atoms with Gasteiger partial charge in [0.15, 0.2) is 23.7 Å². The van der Waals surface area contributed by atoms with Crippen LogP contribution >= 0.6 is 15.9 Å². The summed E-state index contributed by atoms with van der Waals surface area (Å²) in [4.78, 5) is 33.2. The minimum atomic E-state index is -0.801. The van der Waals surface area contributed by atoms with Gasteiger partial charge in [0, 0.05) is 30.7 Å². The molecule has 1 N–H and O–H groups in total. The largest absolute Gasteiger partial charge is 0.491 e. The van der Waals surface area contributed by atoms with Crippen LogP contribution in [0.1, 0.15) is 12.5 Å². The van der Waals surface area contributed by atoms with Crippen LogP contribution in [-0.2, 0) is 11.3 Å². The summed E-state index contributed by atoms with van der Waals surface area (Å²) < 4.78 is 5.91. The van der Waals surface area contributed by atoms with Crippen molar-refractivity contribution < 1.29 is 19.4 Å².